The first-order valence-electron chi connectivity index (χ1n) is 5.84. The molecule has 0 aliphatic carbocycles. The molecule has 0 aliphatic heterocycles. The Balaban J connectivity index is 1.93. The quantitative estimate of drug-likeness (QED) is 0.879. The topological polar surface area (TPSA) is 102 Å². The number of amides is 1. The van der Waals surface area contributed by atoms with Crippen LogP contribution in [0.4, 0.5) is 5.88 Å². The van der Waals surface area contributed by atoms with Gasteiger partial charge in [0.25, 0.3) is 5.91 Å². The number of aromatic carboxylic acids is 1. The van der Waals surface area contributed by atoms with E-state index in [4.69, 9.17) is 26.0 Å². The van der Waals surface area contributed by atoms with Gasteiger partial charge in [-0.15, -0.1) is 0 Å². The molecular weight excluding hydrogens is 300 g/mol. The second kappa shape index (κ2) is 6.27. The van der Waals surface area contributed by atoms with Crippen molar-refractivity contribution in [2.75, 3.05) is 11.9 Å². The van der Waals surface area contributed by atoms with Gasteiger partial charge in [0, 0.05) is 6.07 Å². The zero-order chi connectivity index (χ0) is 15.4. The van der Waals surface area contributed by atoms with E-state index in [1.807, 2.05) is 0 Å². The first kappa shape index (κ1) is 14.9. The molecule has 0 saturated heterocycles. The first-order valence-corrected chi connectivity index (χ1v) is 6.22. The molecule has 2 aromatic rings. The molecule has 2 N–H and O–H groups in total. The van der Waals surface area contributed by atoms with Gasteiger partial charge in [-0.3, -0.25) is 10.1 Å². The highest BCUT2D eigenvalue weighted by Crippen LogP contribution is 2.25. The van der Waals surface area contributed by atoms with Gasteiger partial charge >= 0.3 is 5.97 Å². The normalized spacial score (nSPS) is 10.2. The highest BCUT2D eigenvalue weighted by atomic mass is 35.5. The summed E-state index contributed by atoms with van der Waals surface area (Å²) in [7, 11) is 0. The molecule has 110 valence electrons. The fourth-order valence-corrected chi connectivity index (χ4v) is 1.73. The Hall–Kier alpha value is -2.54. The van der Waals surface area contributed by atoms with Gasteiger partial charge < -0.3 is 14.4 Å². The number of nitrogens with one attached hydrogen (secondary N) is 1. The molecule has 0 unspecified atom stereocenters. The lowest BCUT2D eigenvalue weighted by atomic mass is 10.2. The first-order chi connectivity index (χ1) is 9.95. The second-order valence-corrected chi connectivity index (χ2v) is 4.53. The molecule has 1 amide bonds. The van der Waals surface area contributed by atoms with E-state index in [-0.39, 0.29) is 28.8 Å². The van der Waals surface area contributed by atoms with Crippen LogP contribution in [0, 0.1) is 6.92 Å². The molecule has 0 bridgehead atoms. The average molecular weight is 311 g/mol. The molecular formula is C13H11ClN2O5. The Morgan fingerprint density at radius 3 is 2.76 bits per heavy atom. The highest BCUT2D eigenvalue weighted by Gasteiger charge is 2.11. The monoisotopic (exact) mass is 310 g/mol. The molecule has 1 aromatic heterocycles. The van der Waals surface area contributed by atoms with Crippen molar-refractivity contribution in [3.63, 3.8) is 0 Å². The third-order valence-electron chi connectivity index (χ3n) is 2.43. The average Bonchev–Trinajstić information content (AvgIpc) is 2.82. The molecule has 2 rings (SSSR count). The molecule has 0 radical (unpaired) electrons. The second-order valence-electron chi connectivity index (χ2n) is 4.12. The van der Waals surface area contributed by atoms with Gasteiger partial charge in [-0.05, 0) is 25.1 Å². The number of anilines is 1. The van der Waals surface area contributed by atoms with E-state index in [0.29, 0.717) is 5.69 Å². The minimum atomic E-state index is -1.10. The van der Waals surface area contributed by atoms with Gasteiger partial charge in [-0.25, -0.2) is 4.79 Å². The minimum absolute atomic E-state index is 0.0361. The number of carbonyl (C=O) groups is 2. The third-order valence-corrected chi connectivity index (χ3v) is 2.72. The largest absolute Gasteiger partial charge is 0.482 e. The summed E-state index contributed by atoms with van der Waals surface area (Å²) in [6.45, 7) is 1.42. The van der Waals surface area contributed by atoms with E-state index in [1.165, 1.54) is 18.2 Å². The zero-order valence-corrected chi connectivity index (χ0v) is 11.7. The Kier molecular flexibility index (Phi) is 4.44. The van der Waals surface area contributed by atoms with Crippen molar-refractivity contribution >= 4 is 29.4 Å². The summed E-state index contributed by atoms with van der Waals surface area (Å²) in [6.07, 6.45) is 0. The molecule has 0 spiro atoms. The predicted octanol–water partition coefficient (Wildman–Crippen LogP) is 2.35. The van der Waals surface area contributed by atoms with E-state index in [1.54, 1.807) is 13.0 Å². The van der Waals surface area contributed by atoms with Crippen molar-refractivity contribution in [1.29, 1.82) is 0 Å². The van der Waals surface area contributed by atoms with Crippen molar-refractivity contribution in [3.05, 3.63) is 40.5 Å². The van der Waals surface area contributed by atoms with Crippen LogP contribution in [0.3, 0.4) is 0 Å². The molecule has 8 heteroatoms. The summed E-state index contributed by atoms with van der Waals surface area (Å²) in [4.78, 5) is 22.4. The number of carboxylic acids is 1. The lowest BCUT2D eigenvalue weighted by Crippen LogP contribution is -2.20. The van der Waals surface area contributed by atoms with Crippen molar-refractivity contribution in [1.82, 2.24) is 5.16 Å². The van der Waals surface area contributed by atoms with E-state index in [0.717, 1.165) is 0 Å². The highest BCUT2D eigenvalue weighted by molar-refractivity contribution is 6.32. The smallest absolute Gasteiger partial charge is 0.335 e. The Labute approximate surface area is 124 Å². The lowest BCUT2D eigenvalue weighted by Gasteiger charge is -2.07. The summed E-state index contributed by atoms with van der Waals surface area (Å²) in [6, 6.07) is 5.53. The number of carboxylic acid groups (broad SMARTS) is 1. The number of carbonyl (C=O) groups excluding carboxylic acids is 1. The summed E-state index contributed by atoms with van der Waals surface area (Å²) >= 11 is 5.87. The van der Waals surface area contributed by atoms with Crippen LogP contribution in [-0.2, 0) is 4.79 Å². The Morgan fingerprint density at radius 2 is 2.19 bits per heavy atom. The summed E-state index contributed by atoms with van der Waals surface area (Å²) < 4.78 is 10.0. The molecule has 0 saturated carbocycles. The minimum Gasteiger partial charge on any atom is -0.482 e. The Bertz CT molecular complexity index is 683. The summed E-state index contributed by atoms with van der Waals surface area (Å²) in [5.74, 6) is -1.12. The van der Waals surface area contributed by atoms with Crippen LogP contribution < -0.4 is 10.1 Å². The van der Waals surface area contributed by atoms with E-state index < -0.39 is 11.9 Å². The third kappa shape index (κ3) is 3.96. The van der Waals surface area contributed by atoms with Gasteiger partial charge in [0.1, 0.15) is 5.75 Å². The standard InChI is InChI=1S/C13H11ClN2O5/c1-7-4-12(21-16-7)15-11(17)6-20-10-3-2-8(13(18)19)5-9(10)14/h2-5H,6H2,1H3,(H,15,17)(H,18,19). The van der Waals surface area contributed by atoms with Gasteiger partial charge in [-0.1, -0.05) is 16.8 Å². The number of benzene rings is 1. The number of ether oxygens (including phenoxy) is 1. The van der Waals surface area contributed by atoms with Crippen LogP contribution in [0.1, 0.15) is 16.1 Å². The SMILES string of the molecule is Cc1cc(NC(=O)COc2ccc(C(=O)O)cc2Cl)on1. The fraction of sp³-hybridized carbons (Fsp3) is 0.154. The number of nitrogens with zero attached hydrogens (tertiary/aromatic N) is 1. The molecule has 0 atom stereocenters. The van der Waals surface area contributed by atoms with Crippen LogP contribution in [0.5, 0.6) is 5.75 Å². The van der Waals surface area contributed by atoms with Crippen molar-refractivity contribution in [2.45, 2.75) is 6.92 Å². The molecule has 7 nitrogen and oxygen atoms in total. The fourth-order valence-electron chi connectivity index (χ4n) is 1.49. The van der Waals surface area contributed by atoms with Crippen LogP contribution in [0.2, 0.25) is 5.02 Å². The maximum absolute atomic E-state index is 11.6. The number of aromatic nitrogens is 1. The summed E-state index contributed by atoms with van der Waals surface area (Å²) in [5, 5.41) is 15.0. The number of hydrogen-bond acceptors (Lipinski definition) is 5. The summed E-state index contributed by atoms with van der Waals surface area (Å²) in [5.41, 5.74) is 0.674. The number of rotatable bonds is 5. The molecule has 1 aromatic carbocycles. The van der Waals surface area contributed by atoms with Crippen LogP contribution in [0.25, 0.3) is 0 Å². The van der Waals surface area contributed by atoms with Crippen molar-refractivity contribution < 1.29 is 24.0 Å². The van der Waals surface area contributed by atoms with Gasteiger partial charge in [0.05, 0.1) is 16.3 Å². The lowest BCUT2D eigenvalue weighted by molar-refractivity contribution is -0.118. The van der Waals surface area contributed by atoms with Gasteiger partial charge in [-0.2, -0.15) is 0 Å². The zero-order valence-electron chi connectivity index (χ0n) is 10.9. The number of halogens is 1. The predicted molar refractivity (Wildman–Crippen MR) is 73.8 cm³/mol. The molecule has 21 heavy (non-hydrogen) atoms. The van der Waals surface area contributed by atoms with E-state index in [2.05, 4.69) is 10.5 Å². The maximum Gasteiger partial charge on any atom is 0.335 e. The van der Waals surface area contributed by atoms with E-state index >= 15 is 0 Å². The Morgan fingerprint density at radius 1 is 1.43 bits per heavy atom. The molecule has 0 fully saturated rings. The van der Waals surface area contributed by atoms with Crippen LogP contribution in [-0.4, -0.2) is 28.7 Å². The van der Waals surface area contributed by atoms with Crippen molar-refractivity contribution in [3.8, 4) is 5.75 Å². The van der Waals surface area contributed by atoms with Gasteiger partial charge in [0.15, 0.2) is 6.61 Å². The van der Waals surface area contributed by atoms with Crippen molar-refractivity contribution in [2.24, 2.45) is 0 Å². The van der Waals surface area contributed by atoms with E-state index in [9.17, 15) is 9.59 Å². The molecule has 0 aliphatic rings. The van der Waals surface area contributed by atoms with Crippen LogP contribution in [0.15, 0.2) is 28.8 Å². The number of aryl methyl sites for hydroxylation is 1. The maximum atomic E-state index is 11.6. The number of hydrogen-bond donors (Lipinski definition) is 2. The molecule has 1 heterocycles. The van der Waals surface area contributed by atoms with Crippen LogP contribution >= 0.6 is 11.6 Å². The van der Waals surface area contributed by atoms with Gasteiger partial charge in [0.2, 0.25) is 5.88 Å².